The molecule has 7 atom stereocenters. The third-order valence-corrected chi connectivity index (χ3v) is 22.7. The Bertz CT molecular complexity index is 3800. The molecule has 0 N–H and O–H groups in total. The Morgan fingerprint density at radius 1 is 0.478 bits per heavy atom. The molecule has 3 heterocycles. The first-order valence-electron chi connectivity index (χ1n) is 26.8. The zero-order valence-corrected chi connectivity index (χ0v) is 39.1. The maximum absolute atomic E-state index is 2.82. The fourth-order valence-electron chi connectivity index (χ4n) is 20.3. The van der Waals surface area contributed by atoms with E-state index in [9.17, 15) is 0 Å². The molecular weight excluding hydrogens is 832 g/mol. The van der Waals surface area contributed by atoms with Crippen molar-refractivity contribution in [2.24, 2.45) is 46.3 Å². The van der Waals surface area contributed by atoms with E-state index in [1.54, 1.807) is 11.1 Å². The van der Waals surface area contributed by atoms with Crippen molar-refractivity contribution in [3.63, 3.8) is 0 Å². The lowest BCUT2D eigenvalue weighted by molar-refractivity contribution is -0.175. The zero-order chi connectivity index (χ0) is 44.3. The van der Waals surface area contributed by atoms with Crippen LogP contribution in [0.25, 0.3) is 71.6 Å². The molecule has 20 rings (SSSR count). The summed E-state index contributed by atoms with van der Waals surface area (Å²) < 4.78 is 2.78. The molecule has 0 saturated heterocycles. The molecule has 2 nitrogen and oxygen atoms in total. The van der Waals surface area contributed by atoms with E-state index < -0.39 is 0 Å². The van der Waals surface area contributed by atoms with Gasteiger partial charge in [-0.15, -0.1) is 0 Å². The minimum absolute atomic E-state index is 0.00102. The standard InChI is InChI=1S/C66H53BN2/c1-3-9-38(10-4-1)40-15-18-51(19-16-40)69-59-24-42-14-8-7-13-41(42)22-52(59)54-23-43(39-11-5-2-6-12-39)25-60-61(54)67(69)57-30-46(64-32-48-21-44-31-65(48,36-64)56(44)35-64)29-55-53-28-45(17-20-58(53)68(60)62(55)57)63-33-49-26-47-27-50(34-63)66(47,49)37-63/h1-20,22-25,28-30,44,47-50,56H,21,26-27,31-37H2. The molecule has 9 fully saturated rings. The van der Waals surface area contributed by atoms with Crippen LogP contribution in [0.5, 0.6) is 0 Å². The molecule has 5 bridgehead atoms. The Morgan fingerprint density at radius 2 is 1.17 bits per heavy atom. The van der Waals surface area contributed by atoms with Gasteiger partial charge in [-0.2, -0.15) is 0 Å². The number of nitrogens with zero attached hydrogens (tertiary/aromatic N) is 2. The van der Waals surface area contributed by atoms with Gasteiger partial charge in [0, 0.05) is 33.4 Å². The number of benzene rings is 8. The molecule has 69 heavy (non-hydrogen) atoms. The van der Waals surface area contributed by atoms with Crippen LogP contribution in [0.1, 0.15) is 75.3 Å². The normalized spacial score (nSPS) is 33.4. The average Bonchev–Trinajstić information content (AvgIpc) is 4.23. The van der Waals surface area contributed by atoms with Crippen LogP contribution in [0.15, 0.2) is 164 Å². The lowest BCUT2D eigenvalue weighted by Gasteiger charge is -2.66. The molecular formula is C66H53BN2. The highest BCUT2D eigenvalue weighted by atomic mass is 15.1. The Hall–Kier alpha value is -6.32. The van der Waals surface area contributed by atoms with Gasteiger partial charge in [-0.1, -0.05) is 109 Å². The van der Waals surface area contributed by atoms with Crippen molar-refractivity contribution >= 4 is 61.7 Å². The maximum Gasteiger partial charge on any atom is 0.333 e. The van der Waals surface area contributed by atoms with Crippen LogP contribution in [0.3, 0.4) is 0 Å². The van der Waals surface area contributed by atoms with Crippen molar-refractivity contribution in [1.82, 2.24) is 4.57 Å². The third kappa shape index (κ3) is 4.13. The van der Waals surface area contributed by atoms with Crippen LogP contribution < -0.4 is 15.7 Å². The van der Waals surface area contributed by atoms with E-state index in [1.165, 1.54) is 158 Å². The van der Waals surface area contributed by atoms with Gasteiger partial charge in [0.1, 0.15) is 0 Å². The number of fused-ring (bicyclic) bond motifs is 10. The summed E-state index contributed by atoms with van der Waals surface area (Å²) in [6, 6.07) is 64.7. The van der Waals surface area contributed by atoms with Gasteiger partial charge in [-0.25, -0.2) is 0 Å². The molecule has 0 radical (unpaired) electrons. The second-order valence-electron chi connectivity index (χ2n) is 24.9. The number of anilines is 2. The van der Waals surface area contributed by atoms with Crippen molar-refractivity contribution in [2.45, 2.75) is 75.0 Å². The Kier molecular flexibility index (Phi) is 6.27. The van der Waals surface area contributed by atoms with Crippen LogP contribution in [-0.4, -0.2) is 11.4 Å². The summed E-state index contributed by atoms with van der Waals surface area (Å²) in [6.45, 7) is -0.00102. The Morgan fingerprint density at radius 3 is 1.91 bits per heavy atom. The molecule has 3 heteroatoms. The van der Waals surface area contributed by atoms with Crippen molar-refractivity contribution in [2.75, 3.05) is 4.81 Å². The van der Waals surface area contributed by atoms with Crippen molar-refractivity contribution < 1.29 is 0 Å². The van der Waals surface area contributed by atoms with Crippen LogP contribution >= 0.6 is 0 Å². The second-order valence-corrected chi connectivity index (χ2v) is 24.9. The van der Waals surface area contributed by atoms with E-state index in [2.05, 4.69) is 173 Å². The average molecular weight is 885 g/mol. The van der Waals surface area contributed by atoms with Gasteiger partial charge in [0.2, 0.25) is 0 Å². The predicted octanol–water partition coefficient (Wildman–Crippen LogP) is 14.7. The van der Waals surface area contributed by atoms with Gasteiger partial charge in [-0.3, -0.25) is 0 Å². The first kappa shape index (κ1) is 36.6. The quantitative estimate of drug-likeness (QED) is 0.156. The smallest absolute Gasteiger partial charge is 0.333 e. The monoisotopic (exact) mass is 884 g/mol. The molecule has 8 aromatic carbocycles. The van der Waals surface area contributed by atoms with Crippen LogP contribution in [0.2, 0.25) is 0 Å². The summed E-state index contributed by atoms with van der Waals surface area (Å²) in [5.41, 5.74) is 22.8. The molecule has 330 valence electrons. The summed E-state index contributed by atoms with van der Waals surface area (Å²) in [7, 11) is 0. The lowest BCUT2D eigenvalue weighted by atomic mass is 9.38. The summed E-state index contributed by atoms with van der Waals surface area (Å²) in [4.78, 5) is 2.79. The summed E-state index contributed by atoms with van der Waals surface area (Å²) >= 11 is 0. The summed E-state index contributed by atoms with van der Waals surface area (Å²) in [6.07, 6.45) is 14.5. The highest BCUT2D eigenvalue weighted by Crippen LogP contribution is 2.85. The SMILES string of the molecule is c1ccc(-c2ccc(N3B4c5c(cc(-c6ccccc6)cc5-n5c6ccc(C78CC9CC%10CC(C7)C%109C8)cc6c6cc(C78CC9CC%10CC9(C7)C%10C8)cc4c65)-c4cc5ccccc5cc43)cc2)cc1. The molecule has 7 unspecified atom stereocenters. The van der Waals surface area contributed by atoms with E-state index >= 15 is 0 Å². The second kappa shape index (κ2) is 11.8. The molecule has 2 aliphatic heterocycles. The minimum atomic E-state index is -0.00102. The molecule has 0 amide bonds. The van der Waals surface area contributed by atoms with Crippen LogP contribution in [0.4, 0.5) is 11.4 Å². The van der Waals surface area contributed by atoms with Crippen molar-refractivity contribution in [1.29, 1.82) is 0 Å². The first-order valence-corrected chi connectivity index (χ1v) is 26.8. The third-order valence-electron chi connectivity index (χ3n) is 22.7. The number of hydrogen-bond acceptors (Lipinski definition) is 1. The molecule has 2 spiro atoms. The highest BCUT2D eigenvalue weighted by Gasteiger charge is 2.78. The number of hydrogen-bond donors (Lipinski definition) is 0. The van der Waals surface area contributed by atoms with Crippen molar-refractivity contribution in [3.8, 4) is 39.1 Å². The van der Waals surface area contributed by atoms with Gasteiger partial charge in [-0.05, 0) is 237 Å². The predicted molar refractivity (Wildman–Crippen MR) is 284 cm³/mol. The number of aromatic nitrogens is 1. The molecule has 9 saturated carbocycles. The van der Waals surface area contributed by atoms with Gasteiger partial charge in [0.15, 0.2) is 0 Å². The fourth-order valence-corrected chi connectivity index (χ4v) is 20.3. The van der Waals surface area contributed by atoms with Gasteiger partial charge in [0.05, 0.1) is 11.0 Å². The van der Waals surface area contributed by atoms with Gasteiger partial charge >= 0.3 is 6.85 Å². The Labute approximate surface area is 404 Å². The van der Waals surface area contributed by atoms with Crippen molar-refractivity contribution in [3.05, 3.63) is 175 Å². The minimum Gasteiger partial charge on any atom is -0.376 e. The highest BCUT2D eigenvalue weighted by molar-refractivity contribution is 6.93. The van der Waals surface area contributed by atoms with Gasteiger partial charge in [0.25, 0.3) is 0 Å². The molecule has 9 aliphatic carbocycles. The van der Waals surface area contributed by atoms with E-state index in [1.807, 2.05) is 0 Å². The molecule has 11 aliphatic rings. The molecule has 9 aromatic rings. The topological polar surface area (TPSA) is 8.17 Å². The van der Waals surface area contributed by atoms with Gasteiger partial charge < -0.3 is 9.38 Å². The summed E-state index contributed by atoms with van der Waals surface area (Å²) in [5.74, 6) is 5.84. The Balaban J connectivity index is 0.924. The van der Waals surface area contributed by atoms with E-state index in [-0.39, 0.29) is 12.3 Å². The largest absolute Gasteiger partial charge is 0.376 e. The van der Waals surface area contributed by atoms with E-state index in [4.69, 9.17) is 0 Å². The van der Waals surface area contributed by atoms with E-state index in [0.717, 1.165) is 35.5 Å². The maximum atomic E-state index is 2.82. The number of rotatable bonds is 5. The lowest BCUT2D eigenvalue weighted by Crippen LogP contribution is -2.60. The van der Waals surface area contributed by atoms with E-state index in [0.29, 0.717) is 16.2 Å². The fraction of sp³-hybridized carbons (Fsp3) is 0.303. The molecule has 1 aromatic heterocycles. The van der Waals surface area contributed by atoms with Crippen LogP contribution in [0, 0.1) is 46.3 Å². The van der Waals surface area contributed by atoms with Crippen LogP contribution in [-0.2, 0) is 10.8 Å². The summed E-state index contributed by atoms with van der Waals surface area (Å²) in [5, 5.41) is 5.60. The zero-order valence-electron chi connectivity index (χ0n) is 39.1. The first-order chi connectivity index (χ1) is 34.0.